The number of carbonyl (C=O) groups excluding carboxylic acids is 1. The number of benzene rings is 2. The van der Waals surface area contributed by atoms with Crippen molar-refractivity contribution in [2.75, 3.05) is 72.6 Å². The Balaban J connectivity index is 1.32. The molecule has 2 aromatic carbocycles. The fourth-order valence-electron chi connectivity index (χ4n) is 6.05. The summed E-state index contributed by atoms with van der Waals surface area (Å²) in [6, 6.07) is 8.09. The smallest absolute Gasteiger partial charge is 0.394 e. The molecule has 1 amide bonds. The van der Waals surface area contributed by atoms with Gasteiger partial charge in [-0.2, -0.15) is 26.3 Å². The van der Waals surface area contributed by atoms with Gasteiger partial charge < -0.3 is 19.6 Å². The number of likely N-dealkylation sites (N-methyl/N-ethyl adjacent to an activating group) is 1. The van der Waals surface area contributed by atoms with E-state index in [1.807, 2.05) is 37.4 Å². The summed E-state index contributed by atoms with van der Waals surface area (Å²) in [4.78, 5) is 30.6. The zero-order valence-electron chi connectivity index (χ0n) is 25.8. The highest BCUT2D eigenvalue weighted by Crippen LogP contribution is 2.37. The van der Waals surface area contributed by atoms with Gasteiger partial charge in [0.05, 0.1) is 16.8 Å². The Morgan fingerprint density at radius 3 is 2.26 bits per heavy atom. The summed E-state index contributed by atoms with van der Waals surface area (Å²) in [5.74, 6) is -0.876. The van der Waals surface area contributed by atoms with Gasteiger partial charge in [-0.3, -0.25) is 14.6 Å². The van der Waals surface area contributed by atoms with Crippen molar-refractivity contribution in [2.24, 2.45) is 5.16 Å². The van der Waals surface area contributed by atoms with E-state index in [0.29, 0.717) is 44.8 Å². The van der Waals surface area contributed by atoms with E-state index in [-0.39, 0.29) is 12.6 Å². The number of piperazine rings is 2. The molecule has 0 saturated carbocycles. The van der Waals surface area contributed by atoms with Crippen LogP contribution in [0.25, 0.3) is 10.9 Å². The van der Waals surface area contributed by atoms with Crippen molar-refractivity contribution in [3.8, 4) is 0 Å². The number of H-pyrrole nitrogens is 1. The first-order valence-electron chi connectivity index (χ1n) is 15.2. The van der Waals surface area contributed by atoms with Crippen LogP contribution in [-0.4, -0.2) is 115 Å². The Morgan fingerprint density at radius 1 is 0.935 bits per heavy atom. The standard InChI is InChI=1S/C32H38F6N6O2/c1-22(40-46-14-13-42-9-7-41(2)8-10-42)20-43-11-12-44(27(21-43)17-24-19-39-29-6-4-3-5-28(24)29)30(45)23-15-25(31(33,34)35)18-26(16-23)32(36,37)38/h3-6,15-16,18-19,27,39H,7-14,17,20-21H2,1-2H3/b40-22+/t27-/m1/s1. The number of amides is 1. The maximum absolute atomic E-state index is 13.7. The molecule has 3 heterocycles. The molecule has 2 aliphatic heterocycles. The summed E-state index contributed by atoms with van der Waals surface area (Å²) in [6.45, 7) is 8.25. The Kier molecular flexibility index (Phi) is 10.3. The van der Waals surface area contributed by atoms with E-state index in [2.05, 4.69) is 31.9 Å². The molecule has 0 spiro atoms. The Bertz CT molecular complexity index is 1500. The number of aromatic nitrogens is 1. The number of oxime groups is 1. The minimum Gasteiger partial charge on any atom is -0.394 e. The van der Waals surface area contributed by atoms with E-state index >= 15 is 0 Å². The van der Waals surface area contributed by atoms with Crippen LogP contribution < -0.4 is 0 Å². The molecule has 1 aromatic heterocycles. The lowest BCUT2D eigenvalue weighted by Gasteiger charge is -2.41. The van der Waals surface area contributed by atoms with Crippen molar-refractivity contribution in [2.45, 2.75) is 31.7 Å². The number of alkyl halides is 6. The first-order valence-corrected chi connectivity index (χ1v) is 15.2. The van der Waals surface area contributed by atoms with Gasteiger partial charge in [0, 0.05) is 87.6 Å². The van der Waals surface area contributed by atoms with E-state index in [4.69, 9.17) is 4.84 Å². The number of carbonyl (C=O) groups is 1. The van der Waals surface area contributed by atoms with Gasteiger partial charge in [0.15, 0.2) is 0 Å². The highest BCUT2D eigenvalue weighted by Gasteiger charge is 2.39. The number of rotatable bonds is 9. The summed E-state index contributed by atoms with van der Waals surface area (Å²) < 4.78 is 81.5. The molecule has 1 atom stereocenters. The highest BCUT2D eigenvalue weighted by atomic mass is 19.4. The molecule has 0 radical (unpaired) electrons. The first kappa shape index (κ1) is 33.7. The van der Waals surface area contributed by atoms with Crippen molar-refractivity contribution >= 4 is 22.5 Å². The van der Waals surface area contributed by atoms with Crippen molar-refractivity contribution < 1.29 is 36.0 Å². The Hall–Kier alpha value is -3.62. The van der Waals surface area contributed by atoms with E-state index in [0.717, 1.165) is 54.9 Å². The number of halogens is 6. The Labute approximate surface area is 263 Å². The van der Waals surface area contributed by atoms with Crippen LogP contribution in [-0.2, 0) is 23.6 Å². The molecule has 3 aromatic rings. The molecule has 5 rings (SSSR count). The number of hydrogen-bond acceptors (Lipinski definition) is 6. The minimum atomic E-state index is -5.05. The molecule has 46 heavy (non-hydrogen) atoms. The monoisotopic (exact) mass is 652 g/mol. The second-order valence-corrected chi connectivity index (χ2v) is 12.1. The maximum Gasteiger partial charge on any atom is 0.416 e. The van der Waals surface area contributed by atoms with Gasteiger partial charge in [0.25, 0.3) is 5.91 Å². The van der Waals surface area contributed by atoms with Gasteiger partial charge in [-0.15, -0.1) is 0 Å². The predicted molar refractivity (Wildman–Crippen MR) is 163 cm³/mol. The zero-order valence-corrected chi connectivity index (χ0v) is 25.8. The van der Waals surface area contributed by atoms with Crippen molar-refractivity contribution in [3.63, 3.8) is 0 Å². The number of para-hydroxylation sites is 1. The van der Waals surface area contributed by atoms with Gasteiger partial charge in [-0.05, 0) is 50.2 Å². The second kappa shape index (κ2) is 14.0. The van der Waals surface area contributed by atoms with Crippen LogP contribution in [0.5, 0.6) is 0 Å². The van der Waals surface area contributed by atoms with Gasteiger partial charge >= 0.3 is 12.4 Å². The van der Waals surface area contributed by atoms with Crippen molar-refractivity contribution in [1.82, 2.24) is 24.6 Å². The van der Waals surface area contributed by atoms with E-state index in [1.165, 1.54) is 4.90 Å². The van der Waals surface area contributed by atoms with E-state index < -0.39 is 41.0 Å². The third kappa shape index (κ3) is 8.39. The number of fused-ring (bicyclic) bond motifs is 1. The summed E-state index contributed by atoms with van der Waals surface area (Å²) in [6.07, 6.45) is -7.95. The topological polar surface area (TPSA) is 67.4 Å². The first-order chi connectivity index (χ1) is 21.8. The van der Waals surface area contributed by atoms with Gasteiger partial charge in [-0.1, -0.05) is 23.4 Å². The van der Waals surface area contributed by atoms with Crippen LogP contribution in [0.1, 0.15) is 34.0 Å². The molecule has 0 aliphatic carbocycles. The molecule has 2 aliphatic rings. The average molecular weight is 653 g/mol. The van der Waals surface area contributed by atoms with Crippen LogP contribution in [0.4, 0.5) is 26.3 Å². The van der Waals surface area contributed by atoms with E-state index in [1.54, 1.807) is 0 Å². The molecule has 1 N–H and O–H groups in total. The quantitative estimate of drug-likeness (QED) is 0.149. The third-order valence-corrected chi connectivity index (χ3v) is 8.56. The van der Waals surface area contributed by atoms with Crippen molar-refractivity contribution in [1.29, 1.82) is 0 Å². The van der Waals surface area contributed by atoms with Crippen LogP contribution in [0.15, 0.2) is 53.8 Å². The molecule has 2 saturated heterocycles. The average Bonchev–Trinajstić information content (AvgIpc) is 3.41. The van der Waals surface area contributed by atoms with Crippen LogP contribution in [0, 0.1) is 0 Å². The fraction of sp³-hybridized carbons (Fsp3) is 0.500. The van der Waals surface area contributed by atoms with Crippen molar-refractivity contribution in [3.05, 3.63) is 70.9 Å². The van der Waals surface area contributed by atoms with Gasteiger partial charge in [0.1, 0.15) is 6.61 Å². The number of hydrogen-bond donors (Lipinski definition) is 1. The summed E-state index contributed by atoms with van der Waals surface area (Å²) >= 11 is 0. The summed E-state index contributed by atoms with van der Waals surface area (Å²) in [7, 11) is 2.09. The molecule has 250 valence electrons. The number of aromatic amines is 1. The molecule has 8 nitrogen and oxygen atoms in total. The number of nitrogens with one attached hydrogen (secondary N) is 1. The largest absolute Gasteiger partial charge is 0.416 e. The SMILES string of the molecule is C/C(CN1CCN(C(=O)c2cc(C(F)(F)F)cc(C(F)(F)F)c2)[C@H](Cc2c[nH]c3ccccc23)C1)=N\OCCN1CCN(C)CC1. The van der Waals surface area contributed by atoms with Gasteiger partial charge in [0.2, 0.25) is 0 Å². The molecule has 14 heteroatoms. The molecular formula is C32H38F6N6O2. The highest BCUT2D eigenvalue weighted by molar-refractivity contribution is 5.95. The summed E-state index contributed by atoms with van der Waals surface area (Å²) in [5.41, 5.74) is -1.19. The molecule has 0 unspecified atom stereocenters. The van der Waals surface area contributed by atoms with Crippen LogP contribution in [0.2, 0.25) is 0 Å². The Morgan fingerprint density at radius 2 is 1.59 bits per heavy atom. The van der Waals surface area contributed by atoms with Gasteiger partial charge in [-0.25, -0.2) is 0 Å². The molecule has 2 fully saturated rings. The third-order valence-electron chi connectivity index (χ3n) is 8.56. The number of nitrogens with zero attached hydrogens (tertiary/aromatic N) is 5. The lowest BCUT2D eigenvalue weighted by Crippen LogP contribution is -2.56. The van der Waals surface area contributed by atoms with Crippen LogP contribution in [0.3, 0.4) is 0 Å². The lowest BCUT2D eigenvalue weighted by molar-refractivity contribution is -0.143. The van der Waals surface area contributed by atoms with Crippen LogP contribution >= 0.6 is 0 Å². The minimum absolute atomic E-state index is 0.0352. The predicted octanol–water partition coefficient (Wildman–Crippen LogP) is 5.21. The van der Waals surface area contributed by atoms with E-state index in [9.17, 15) is 31.1 Å². The summed E-state index contributed by atoms with van der Waals surface area (Å²) in [5, 5.41) is 5.19. The zero-order chi connectivity index (χ0) is 33.1. The lowest BCUT2D eigenvalue weighted by atomic mass is 9.98. The maximum atomic E-state index is 13.7. The molecular weight excluding hydrogens is 614 g/mol. The fourth-order valence-corrected chi connectivity index (χ4v) is 6.05. The second-order valence-electron chi connectivity index (χ2n) is 12.1. The normalized spacial score (nSPS) is 19.6. The molecule has 0 bridgehead atoms.